The van der Waals surface area contributed by atoms with Crippen molar-refractivity contribution < 1.29 is 0 Å². The smallest absolute Gasteiger partial charge is 0.162 e. The van der Waals surface area contributed by atoms with Crippen LogP contribution in [-0.4, -0.2) is 28.6 Å². The molecule has 21 heavy (non-hydrogen) atoms. The van der Waals surface area contributed by atoms with E-state index < -0.39 is 0 Å². The van der Waals surface area contributed by atoms with Crippen LogP contribution in [0, 0.1) is 5.41 Å². The van der Waals surface area contributed by atoms with Crippen molar-refractivity contribution in [2.24, 2.45) is 5.73 Å². The second-order valence-electron chi connectivity index (χ2n) is 5.84. The normalized spacial score (nSPS) is 19.4. The highest BCUT2D eigenvalue weighted by molar-refractivity contribution is 6.01. The van der Waals surface area contributed by atoms with Crippen LogP contribution in [-0.2, 0) is 12.8 Å². The maximum Gasteiger partial charge on any atom is 0.162 e. The van der Waals surface area contributed by atoms with Gasteiger partial charge in [0.25, 0.3) is 0 Å². The van der Waals surface area contributed by atoms with Crippen molar-refractivity contribution in [2.45, 2.75) is 65.3 Å². The molecule has 5 nitrogen and oxygen atoms in total. The van der Waals surface area contributed by atoms with Crippen molar-refractivity contribution in [3.05, 3.63) is 16.8 Å². The fraction of sp³-hybridized carbons (Fsp3) is 0.688. The standard InChI is InChI=1S/C16H27N5/c1-4-12-13(5-2)19-20-16(14(12)15(17)18)21-10-8-6-7-9-11(21)3/h11H,4-10H2,1-3H3,(H3,17,18). The van der Waals surface area contributed by atoms with Gasteiger partial charge in [0.15, 0.2) is 5.82 Å². The Kier molecular flexibility index (Phi) is 5.15. The van der Waals surface area contributed by atoms with Crippen LogP contribution < -0.4 is 10.6 Å². The number of amidine groups is 1. The molecule has 0 bridgehead atoms. The third-order valence-electron chi connectivity index (χ3n) is 4.42. The maximum absolute atomic E-state index is 8.01. The van der Waals surface area contributed by atoms with Crippen molar-refractivity contribution in [1.82, 2.24) is 10.2 Å². The first kappa shape index (κ1) is 15.7. The molecule has 1 unspecified atom stereocenters. The van der Waals surface area contributed by atoms with Gasteiger partial charge in [-0.3, -0.25) is 5.41 Å². The lowest BCUT2D eigenvalue weighted by atomic mass is 10.0. The van der Waals surface area contributed by atoms with Gasteiger partial charge < -0.3 is 10.6 Å². The van der Waals surface area contributed by atoms with Gasteiger partial charge in [0.2, 0.25) is 0 Å². The zero-order valence-corrected chi connectivity index (χ0v) is 13.4. The number of hydrogen-bond acceptors (Lipinski definition) is 4. The summed E-state index contributed by atoms with van der Waals surface area (Å²) in [6, 6.07) is 0.428. The Labute approximate surface area is 127 Å². The lowest BCUT2D eigenvalue weighted by Gasteiger charge is -2.30. The van der Waals surface area contributed by atoms with Gasteiger partial charge in [-0.25, -0.2) is 0 Å². The summed E-state index contributed by atoms with van der Waals surface area (Å²) in [6.45, 7) is 7.38. The number of nitrogens with two attached hydrogens (primary N) is 1. The number of nitrogen functional groups attached to an aromatic ring is 1. The molecule has 0 spiro atoms. The predicted octanol–water partition coefficient (Wildman–Crippen LogP) is 2.65. The summed E-state index contributed by atoms with van der Waals surface area (Å²) in [6.07, 6.45) is 6.51. The van der Waals surface area contributed by atoms with E-state index in [4.69, 9.17) is 11.1 Å². The van der Waals surface area contributed by atoms with Crippen molar-refractivity contribution in [3.8, 4) is 0 Å². The van der Waals surface area contributed by atoms with Crippen LogP contribution in [0.2, 0.25) is 0 Å². The van der Waals surface area contributed by atoms with Crippen LogP contribution in [0.4, 0.5) is 5.82 Å². The minimum absolute atomic E-state index is 0.114. The number of rotatable bonds is 4. The Morgan fingerprint density at radius 1 is 1.24 bits per heavy atom. The summed E-state index contributed by atoms with van der Waals surface area (Å²) < 4.78 is 0. The topological polar surface area (TPSA) is 78.9 Å². The molecule has 2 heterocycles. The molecule has 0 radical (unpaired) electrons. The van der Waals surface area contributed by atoms with E-state index in [1.807, 2.05) is 0 Å². The van der Waals surface area contributed by atoms with E-state index >= 15 is 0 Å². The average Bonchev–Trinajstić information content (AvgIpc) is 2.69. The molecule has 1 aromatic heterocycles. The molecule has 3 N–H and O–H groups in total. The first-order valence-electron chi connectivity index (χ1n) is 8.09. The number of anilines is 1. The second-order valence-corrected chi connectivity index (χ2v) is 5.84. The molecule has 0 aliphatic carbocycles. The highest BCUT2D eigenvalue weighted by Crippen LogP contribution is 2.28. The van der Waals surface area contributed by atoms with Crippen LogP contribution in [0.3, 0.4) is 0 Å². The lowest BCUT2D eigenvalue weighted by Crippen LogP contribution is -2.36. The Balaban J connectivity index is 2.54. The zero-order valence-electron chi connectivity index (χ0n) is 13.4. The number of nitrogens with zero attached hydrogens (tertiary/aromatic N) is 3. The summed E-state index contributed by atoms with van der Waals surface area (Å²) in [5.74, 6) is 0.925. The van der Waals surface area contributed by atoms with Crippen LogP contribution in [0.25, 0.3) is 0 Å². The zero-order chi connectivity index (χ0) is 15.4. The van der Waals surface area contributed by atoms with Gasteiger partial charge in [-0.2, -0.15) is 5.10 Å². The average molecular weight is 289 g/mol. The molecule has 1 aromatic rings. The maximum atomic E-state index is 8.01. The second kappa shape index (κ2) is 6.87. The molecule has 5 heteroatoms. The van der Waals surface area contributed by atoms with Gasteiger partial charge in [0, 0.05) is 12.6 Å². The Morgan fingerprint density at radius 3 is 2.62 bits per heavy atom. The fourth-order valence-electron chi connectivity index (χ4n) is 3.24. The molecule has 1 saturated heterocycles. The van der Waals surface area contributed by atoms with Crippen LogP contribution in [0.15, 0.2) is 0 Å². The number of hydrogen-bond donors (Lipinski definition) is 2. The summed E-state index contributed by atoms with van der Waals surface area (Å²) in [7, 11) is 0. The third-order valence-corrected chi connectivity index (χ3v) is 4.42. The van der Waals surface area contributed by atoms with E-state index in [-0.39, 0.29) is 5.84 Å². The highest BCUT2D eigenvalue weighted by Gasteiger charge is 2.25. The van der Waals surface area contributed by atoms with Gasteiger partial charge in [-0.1, -0.05) is 26.7 Å². The number of aryl methyl sites for hydroxylation is 1. The van der Waals surface area contributed by atoms with E-state index in [1.165, 1.54) is 19.3 Å². The van der Waals surface area contributed by atoms with Gasteiger partial charge in [0.05, 0.1) is 11.3 Å². The van der Waals surface area contributed by atoms with Crippen molar-refractivity contribution in [3.63, 3.8) is 0 Å². The molecule has 0 amide bonds. The van der Waals surface area contributed by atoms with Crippen molar-refractivity contribution in [1.29, 1.82) is 5.41 Å². The van der Waals surface area contributed by atoms with Gasteiger partial charge >= 0.3 is 0 Å². The summed E-state index contributed by atoms with van der Waals surface area (Å²) in [5.41, 5.74) is 8.75. The first-order chi connectivity index (χ1) is 10.1. The number of nitrogens with one attached hydrogen (secondary N) is 1. The van der Waals surface area contributed by atoms with Crippen molar-refractivity contribution >= 4 is 11.7 Å². The summed E-state index contributed by atoms with van der Waals surface area (Å²) >= 11 is 0. The third kappa shape index (κ3) is 3.17. The van der Waals surface area contributed by atoms with E-state index in [1.54, 1.807) is 0 Å². The molecule has 1 aliphatic heterocycles. The molecule has 1 atom stereocenters. The summed E-state index contributed by atoms with van der Waals surface area (Å²) in [4.78, 5) is 2.30. The largest absolute Gasteiger partial charge is 0.384 e. The minimum Gasteiger partial charge on any atom is -0.384 e. The van der Waals surface area contributed by atoms with E-state index in [9.17, 15) is 0 Å². The van der Waals surface area contributed by atoms with E-state index in [2.05, 4.69) is 35.9 Å². The first-order valence-corrected chi connectivity index (χ1v) is 8.09. The van der Waals surface area contributed by atoms with Gasteiger partial charge in [0.1, 0.15) is 5.84 Å². The molecule has 0 saturated carbocycles. The van der Waals surface area contributed by atoms with Crippen molar-refractivity contribution in [2.75, 3.05) is 11.4 Å². The Morgan fingerprint density at radius 2 is 2.00 bits per heavy atom. The molecule has 1 aliphatic rings. The number of aromatic nitrogens is 2. The van der Waals surface area contributed by atoms with Gasteiger partial charge in [-0.05, 0) is 38.2 Å². The monoisotopic (exact) mass is 289 g/mol. The Bertz CT molecular complexity index is 512. The summed E-state index contributed by atoms with van der Waals surface area (Å²) in [5, 5.41) is 16.9. The van der Waals surface area contributed by atoms with E-state index in [0.717, 1.165) is 48.4 Å². The highest BCUT2D eigenvalue weighted by atomic mass is 15.3. The van der Waals surface area contributed by atoms with E-state index in [0.29, 0.717) is 6.04 Å². The van der Waals surface area contributed by atoms with Gasteiger partial charge in [-0.15, -0.1) is 5.10 Å². The lowest BCUT2D eigenvalue weighted by molar-refractivity contribution is 0.606. The predicted molar refractivity (Wildman–Crippen MR) is 87.1 cm³/mol. The molecular weight excluding hydrogens is 262 g/mol. The van der Waals surface area contributed by atoms with Crippen LogP contribution in [0.5, 0.6) is 0 Å². The molecule has 0 aromatic carbocycles. The SMILES string of the molecule is CCc1nnc(N2CCCCCC2C)c(C(=N)N)c1CC. The van der Waals surface area contributed by atoms with Crippen LogP contribution >= 0.6 is 0 Å². The minimum atomic E-state index is 0.114. The quantitative estimate of drug-likeness (QED) is 0.659. The fourth-order valence-corrected chi connectivity index (χ4v) is 3.24. The Hall–Kier alpha value is -1.65. The molecule has 116 valence electrons. The van der Waals surface area contributed by atoms with Crippen LogP contribution in [0.1, 0.15) is 63.3 Å². The molecule has 2 rings (SSSR count). The molecule has 1 fully saturated rings. The molecular formula is C16H27N5.